The van der Waals surface area contributed by atoms with Gasteiger partial charge in [-0.05, 0) is 64.7 Å². The molecule has 2 rings (SSSR count). The molecule has 17 heavy (non-hydrogen) atoms. The lowest BCUT2D eigenvalue weighted by atomic mass is 10.0. The summed E-state index contributed by atoms with van der Waals surface area (Å²) in [5.74, 6) is 1.97. The van der Waals surface area contributed by atoms with Crippen LogP contribution in [0.1, 0.15) is 53.4 Å². The quantitative estimate of drug-likeness (QED) is 0.582. The van der Waals surface area contributed by atoms with Gasteiger partial charge in [-0.15, -0.1) is 0 Å². The molecule has 3 nitrogen and oxygen atoms in total. The second-order valence-corrected chi connectivity index (χ2v) is 6.71. The highest BCUT2D eigenvalue weighted by Crippen LogP contribution is 2.61. The first-order valence-electron chi connectivity index (χ1n) is 7.02. The van der Waals surface area contributed by atoms with Crippen LogP contribution in [0.5, 0.6) is 0 Å². The van der Waals surface area contributed by atoms with Crippen molar-refractivity contribution < 1.29 is 0 Å². The monoisotopic (exact) mass is 237 g/mol. The van der Waals surface area contributed by atoms with E-state index in [0.29, 0.717) is 5.41 Å². The topological polar surface area (TPSA) is 36.4 Å². The van der Waals surface area contributed by atoms with E-state index in [-0.39, 0.29) is 5.54 Å². The van der Waals surface area contributed by atoms with Gasteiger partial charge in [0.25, 0.3) is 0 Å². The van der Waals surface area contributed by atoms with Crippen molar-refractivity contribution in [3.05, 3.63) is 0 Å². The number of nitrogens with one attached hydrogen (secondary N) is 2. The zero-order valence-corrected chi connectivity index (χ0v) is 11.8. The molecule has 3 heteroatoms. The SMILES string of the molecule is CCNC(=NCC1(C2CC2)CC1)NC(C)(C)C. The highest BCUT2D eigenvalue weighted by Gasteiger charge is 2.53. The molecular formula is C14H27N3. The first kappa shape index (κ1) is 12.7. The number of nitrogens with zero attached hydrogens (tertiary/aromatic N) is 1. The van der Waals surface area contributed by atoms with Crippen LogP contribution >= 0.6 is 0 Å². The highest BCUT2D eigenvalue weighted by atomic mass is 15.2. The van der Waals surface area contributed by atoms with Gasteiger partial charge < -0.3 is 10.6 Å². The summed E-state index contributed by atoms with van der Waals surface area (Å²) in [6.45, 7) is 10.6. The smallest absolute Gasteiger partial charge is 0.191 e. The molecule has 0 aromatic heterocycles. The molecule has 2 aliphatic carbocycles. The van der Waals surface area contributed by atoms with E-state index >= 15 is 0 Å². The van der Waals surface area contributed by atoms with Crippen molar-refractivity contribution in [3.8, 4) is 0 Å². The molecular weight excluding hydrogens is 210 g/mol. The maximum Gasteiger partial charge on any atom is 0.191 e. The van der Waals surface area contributed by atoms with Gasteiger partial charge in [-0.2, -0.15) is 0 Å². The minimum Gasteiger partial charge on any atom is -0.357 e. The molecule has 0 saturated heterocycles. The second-order valence-electron chi connectivity index (χ2n) is 6.71. The van der Waals surface area contributed by atoms with Crippen molar-refractivity contribution in [2.75, 3.05) is 13.1 Å². The fourth-order valence-electron chi connectivity index (χ4n) is 2.45. The Morgan fingerprint density at radius 1 is 1.29 bits per heavy atom. The van der Waals surface area contributed by atoms with E-state index in [0.717, 1.165) is 25.0 Å². The molecule has 2 saturated carbocycles. The van der Waals surface area contributed by atoms with Crippen LogP contribution in [0.4, 0.5) is 0 Å². The van der Waals surface area contributed by atoms with E-state index in [1.54, 1.807) is 0 Å². The van der Waals surface area contributed by atoms with Gasteiger partial charge in [0.2, 0.25) is 0 Å². The van der Waals surface area contributed by atoms with Crippen molar-refractivity contribution in [2.24, 2.45) is 16.3 Å². The molecule has 2 N–H and O–H groups in total. The third-order valence-electron chi connectivity index (χ3n) is 3.73. The summed E-state index contributed by atoms with van der Waals surface area (Å²) in [5, 5.41) is 6.79. The van der Waals surface area contributed by atoms with Crippen LogP contribution in [0.15, 0.2) is 4.99 Å². The molecule has 0 aromatic rings. The summed E-state index contributed by atoms with van der Waals surface area (Å²) in [4.78, 5) is 4.79. The van der Waals surface area contributed by atoms with E-state index in [4.69, 9.17) is 4.99 Å². The number of aliphatic imine (C=N–C) groups is 1. The summed E-state index contributed by atoms with van der Waals surface area (Å²) >= 11 is 0. The summed E-state index contributed by atoms with van der Waals surface area (Å²) in [6, 6.07) is 0. The van der Waals surface area contributed by atoms with E-state index in [1.165, 1.54) is 25.7 Å². The standard InChI is InChI=1S/C14H27N3/c1-5-15-12(17-13(2,3)4)16-10-14(8-9-14)11-6-7-11/h11H,5-10H2,1-4H3,(H2,15,16,17). The molecule has 2 fully saturated rings. The van der Waals surface area contributed by atoms with Crippen LogP contribution < -0.4 is 10.6 Å². The fraction of sp³-hybridized carbons (Fsp3) is 0.929. The van der Waals surface area contributed by atoms with Crippen molar-refractivity contribution in [1.29, 1.82) is 0 Å². The van der Waals surface area contributed by atoms with Gasteiger partial charge in [0.15, 0.2) is 5.96 Å². The molecule has 0 bridgehead atoms. The van der Waals surface area contributed by atoms with Gasteiger partial charge >= 0.3 is 0 Å². The zero-order chi connectivity index (χ0) is 12.5. The Labute approximate surface area is 105 Å². The minimum atomic E-state index is 0.0807. The first-order chi connectivity index (χ1) is 7.95. The van der Waals surface area contributed by atoms with Crippen molar-refractivity contribution >= 4 is 5.96 Å². The molecule has 0 aromatic carbocycles. The predicted octanol–water partition coefficient (Wildman–Crippen LogP) is 2.53. The predicted molar refractivity (Wildman–Crippen MR) is 73.3 cm³/mol. The summed E-state index contributed by atoms with van der Waals surface area (Å²) in [6.07, 6.45) is 5.68. The maximum absolute atomic E-state index is 4.79. The molecule has 0 heterocycles. The second kappa shape index (κ2) is 4.51. The van der Waals surface area contributed by atoms with E-state index in [9.17, 15) is 0 Å². The van der Waals surface area contributed by atoms with Gasteiger partial charge in [0, 0.05) is 18.6 Å². The van der Waals surface area contributed by atoms with Crippen LogP contribution in [0.3, 0.4) is 0 Å². The average molecular weight is 237 g/mol. The van der Waals surface area contributed by atoms with E-state index < -0.39 is 0 Å². The van der Waals surface area contributed by atoms with Gasteiger partial charge in [-0.1, -0.05) is 0 Å². The summed E-state index contributed by atoms with van der Waals surface area (Å²) in [5.41, 5.74) is 0.678. The molecule has 0 aliphatic heterocycles. The molecule has 0 spiro atoms. The molecule has 0 atom stereocenters. The van der Waals surface area contributed by atoms with Crippen LogP contribution in [0.25, 0.3) is 0 Å². The summed E-state index contributed by atoms with van der Waals surface area (Å²) in [7, 11) is 0. The molecule has 98 valence electrons. The number of hydrogen-bond acceptors (Lipinski definition) is 1. The lowest BCUT2D eigenvalue weighted by Crippen LogP contribution is -2.47. The Hall–Kier alpha value is -0.730. The molecule has 0 amide bonds. The minimum absolute atomic E-state index is 0.0807. The Morgan fingerprint density at radius 2 is 1.94 bits per heavy atom. The Morgan fingerprint density at radius 3 is 2.35 bits per heavy atom. The normalized spacial score (nSPS) is 23.4. The van der Waals surface area contributed by atoms with Gasteiger partial charge in [0.05, 0.1) is 0 Å². The van der Waals surface area contributed by atoms with Crippen molar-refractivity contribution in [1.82, 2.24) is 10.6 Å². The van der Waals surface area contributed by atoms with Crippen LogP contribution in [0, 0.1) is 11.3 Å². The van der Waals surface area contributed by atoms with Gasteiger partial charge in [-0.3, -0.25) is 4.99 Å². The fourth-order valence-corrected chi connectivity index (χ4v) is 2.45. The van der Waals surface area contributed by atoms with E-state index in [2.05, 4.69) is 38.3 Å². The largest absolute Gasteiger partial charge is 0.357 e. The lowest BCUT2D eigenvalue weighted by Gasteiger charge is -2.24. The van der Waals surface area contributed by atoms with Crippen LogP contribution in [-0.4, -0.2) is 24.6 Å². The average Bonchev–Trinajstić information content (AvgIpc) is 3.05. The van der Waals surface area contributed by atoms with Gasteiger partial charge in [0.1, 0.15) is 0 Å². The lowest BCUT2D eigenvalue weighted by molar-refractivity contribution is 0.447. The maximum atomic E-state index is 4.79. The van der Waals surface area contributed by atoms with Crippen LogP contribution in [0.2, 0.25) is 0 Å². The number of rotatable bonds is 4. The Kier molecular flexibility index (Phi) is 3.37. The molecule has 0 radical (unpaired) electrons. The van der Waals surface area contributed by atoms with E-state index in [1.807, 2.05) is 0 Å². The van der Waals surface area contributed by atoms with Crippen molar-refractivity contribution in [3.63, 3.8) is 0 Å². The third kappa shape index (κ3) is 3.62. The first-order valence-corrected chi connectivity index (χ1v) is 7.02. The van der Waals surface area contributed by atoms with Crippen molar-refractivity contribution in [2.45, 2.75) is 58.9 Å². The third-order valence-corrected chi connectivity index (χ3v) is 3.73. The summed E-state index contributed by atoms with van der Waals surface area (Å²) < 4.78 is 0. The highest BCUT2D eigenvalue weighted by molar-refractivity contribution is 5.80. The molecule has 0 unspecified atom stereocenters. The number of guanidine groups is 1. The van der Waals surface area contributed by atoms with Gasteiger partial charge in [-0.25, -0.2) is 0 Å². The van der Waals surface area contributed by atoms with Crippen LogP contribution in [-0.2, 0) is 0 Å². The Bertz CT molecular complexity index is 293. The molecule has 2 aliphatic rings. The Balaban J connectivity index is 1.90. The number of hydrogen-bond donors (Lipinski definition) is 2. The zero-order valence-electron chi connectivity index (χ0n) is 11.8.